The lowest BCUT2D eigenvalue weighted by atomic mass is 9.59. The van der Waals surface area contributed by atoms with Gasteiger partial charge < -0.3 is 5.11 Å². The summed E-state index contributed by atoms with van der Waals surface area (Å²) in [4.78, 5) is 53.8. The second kappa shape index (κ2) is 7.66. The largest absolute Gasteiger partial charge is 0.508 e. The highest BCUT2D eigenvalue weighted by atomic mass is 79.9. The van der Waals surface area contributed by atoms with Crippen molar-refractivity contribution < 1.29 is 24.3 Å². The molecule has 1 aromatic rings. The second-order valence-electron chi connectivity index (χ2n) is 8.81. The molecule has 1 fully saturated rings. The first kappa shape index (κ1) is 21.1. The number of aromatic hydroxyl groups is 1. The third kappa shape index (κ3) is 2.98. The molecule has 164 valence electrons. The van der Waals surface area contributed by atoms with Crippen molar-refractivity contribution in [1.29, 1.82) is 0 Å². The lowest BCUT2D eigenvalue weighted by Gasteiger charge is -2.42. The monoisotopic (exact) mass is 495 g/mol. The molecular weight excluding hydrogens is 474 g/mol. The maximum absolute atomic E-state index is 13.3. The first-order chi connectivity index (χ1) is 15.3. The van der Waals surface area contributed by atoms with Gasteiger partial charge in [-0.25, -0.2) is 0 Å². The minimum absolute atomic E-state index is 0.105. The van der Waals surface area contributed by atoms with E-state index >= 15 is 0 Å². The smallest absolute Gasteiger partial charge is 0.233 e. The van der Waals surface area contributed by atoms with Gasteiger partial charge in [0.05, 0.1) is 16.3 Å². The number of benzene rings is 1. The van der Waals surface area contributed by atoms with Crippen molar-refractivity contribution in [3.8, 4) is 5.75 Å². The van der Waals surface area contributed by atoms with Gasteiger partial charge in [0.15, 0.2) is 11.6 Å². The van der Waals surface area contributed by atoms with Crippen LogP contribution in [0, 0.1) is 17.8 Å². The van der Waals surface area contributed by atoms with Gasteiger partial charge >= 0.3 is 0 Å². The van der Waals surface area contributed by atoms with Gasteiger partial charge in [-0.3, -0.25) is 24.1 Å². The van der Waals surface area contributed by atoms with E-state index in [4.69, 9.17) is 0 Å². The third-order valence-electron chi connectivity index (χ3n) is 7.10. The molecule has 5 rings (SSSR count). The van der Waals surface area contributed by atoms with Crippen molar-refractivity contribution in [1.82, 2.24) is 4.90 Å². The van der Waals surface area contributed by atoms with Crippen molar-refractivity contribution in [3.63, 3.8) is 0 Å². The van der Waals surface area contributed by atoms with Crippen molar-refractivity contribution in [2.24, 2.45) is 17.8 Å². The minimum atomic E-state index is -0.518. The molecule has 1 aliphatic heterocycles. The van der Waals surface area contributed by atoms with Gasteiger partial charge in [-0.1, -0.05) is 30.7 Å². The average molecular weight is 496 g/mol. The number of fused-ring (bicyclic) bond motifs is 3. The van der Waals surface area contributed by atoms with E-state index < -0.39 is 17.8 Å². The zero-order valence-electron chi connectivity index (χ0n) is 17.5. The highest BCUT2D eigenvalue weighted by molar-refractivity contribution is 9.12. The molecule has 0 bridgehead atoms. The number of imide groups is 1. The normalized spacial score (nSPS) is 29.5. The van der Waals surface area contributed by atoms with E-state index in [1.54, 1.807) is 24.3 Å². The lowest BCUT2D eigenvalue weighted by Crippen LogP contribution is -2.39. The molecule has 2 amide bonds. The van der Waals surface area contributed by atoms with Crippen LogP contribution in [-0.4, -0.2) is 39.9 Å². The molecule has 4 atom stereocenters. The maximum atomic E-state index is 13.3. The van der Waals surface area contributed by atoms with Crippen LogP contribution in [0.5, 0.6) is 5.75 Å². The molecule has 0 saturated carbocycles. The SMILES string of the molecule is CCCN1C(=O)C2CC=C3C(c4ccc(O)cc4)C4=C(CC3C2C1=O)C(=O)C(Br)=CC4=O. The number of phenols is 1. The number of halogens is 1. The highest BCUT2D eigenvalue weighted by Crippen LogP contribution is 2.55. The van der Waals surface area contributed by atoms with Crippen molar-refractivity contribution in [3.05, 3.63) is 63.2 Å². The Kier molecular flexibility index (Phi) is 5.04. The van der Waals surface area contributed by atoms with Crippen molar-refractivity contribution in [2.75, 3.05) is 6.54 Å². The first-order valence-corrected chi connectivity index (χ1v) is 11.7. The van der Waals surface area contributed by atoms with Crippen LogP contribution >= 0.6 is 15.9 Å². The molecule has 1 N–H and O–H groups in total. The molecule has 1 heterocycles. The Hall–Kier alpha value is -2.80. The molecule has 1 aromatic carbocycles. The van der Waals surface area contributed by atoms with Gasteiger partial charge in [0.25, 0.3) is 0 Å². The van der Waals surface area contributed by atoms with Gasteiger partial charge in [0.2, 0.25) is 11.8 Å². The predicted molar refractivity (Wildman–Crippen MR) is 120 cm³/mol. The van der Waals surface area contributed by atoms with E-state index in [1.807, 2.05) is 13.0 Å². The summed E-state index contributed by atoms with van der Waals surface area (Å²) in [5.41, 5.74) is 2.55. The van der Waals surface area contributed by atoms with Crippen molar-refractivity contribution in [2.45, 2.75) is 32.1 Å². The van der Waals surface area contributed by atoms with Gasteiger partial charge in [0.1, 0.15) is 5.75 Å². The molecule has 3 aliphatic carbocycles. The molecular formula is C25H22BrNO5. The second-order valence-corrected chi connectivity index (χ2v) is 9.67. The van der Waals surface area contributed by atoms with Gasteiger partial charge in [-0.05, 0) is 58.8 Å². The number of rotatable bonds is 3. The fraction of sp³-hybridized carbons (Fsp3) is 0.360. The average Bonchev–Trinajstić information content (AvgIpc) is 3.02. The predicted octanol–water partition coefficient (Wildman–Crippen LogP) is 3.56. The van der Waals surface area contributed by atoms with Crippen LogP contribution in [-0.2, 0) is 19.2 Å². The molecule has 4 aliphatic rings. The summed E-state index contributed by atoms with van der Waals surface area (Å²) in [7, 11) is 0. The Bertz CT molecular complexity index is 1160. The fourth-order valence-electron chi connectivity index (χ4n) is 5.76. The zero-order valence-corrected chi connectivity index (χ0v) is 19.1. The van der Waals surface area contributed by atoms with E-state index in [2.05, 4.69) is 15.9 Å². The Morgan fingerprint density at radius 2 is 1.78 bits per heavy atom. The molecule has 1 saturated heterocycles. The first-order valence-electron chi connectivity index (χ1n) is 10.9. The fourth-order valence-corrected chi connectivity index (χ4v) is 6.21. The maximum Gasteiger partial charge on any atom is 0.233 e. The number of Topliss-reactive ketones (excluding diaryl/α,β-unsaturated/α-hetero) is 1. The number of amides is 2. The molecule has 0 radical (unpaired) electrons. The van der Waals surface area contributed by atoms with Crippen LogP contribution < -0.4 is 0 Å². The summed E-state index contributed by atoms with van der Waals surface area (Å²) in [5, 5.41) is 9.76. The Morgan fingerprint density at radius 1 is 1.06 bits per heavy atom. The number of ketones is 2. The third-order valence-corrected chi connectivity index (χ3v) is 7.69. The number of allylic oxidation sites excluding steroid dienone is 6. The van der Waals surface area contributed by atoms with Crippen LogP contribution in [0.1, 0.15) is 37.7 Å². The van der Waals surface area contributed by atoms with Crippen LogP contribution in [0.2, 0.25) is 0 Å². The van der Waals surface area contributed by atoms with Gasteiger partial charge in [-0.15, -0.1) is 0 Å². The number of carbonyl (C=O) groups excluding carboxylic acids is 4. The molecule has 4 unspecified atom stereocenters. The van der Waals surface area contributed by atoms with E-state index in [0.29, 0.717) is 30.5 Å². The van der Waals surface area contributed by atoms with Crippen LogP contribution in [0.4, 0.5) is 0 Å². The number of phenolic OH excluding ortho intramolecular Hbond substituents is 1. The lowest BCUT2D eigenvalue weighted by molar-refractivity contribution is -0.140. The number of carbonyl (C=O) groups is 4. The summed E-state index contributed by atoms with van der Waals surface area (Å²) in [6.45, 7) is 2.33. The molecule has 7 heteroatoms. The van der Waals surface area contributed by atoms with Crippen molar-refractivity contribution >= 4 is 39.3 Å². The summed E-state index contributed by atoms with van der Waals surface area (Å²) in [6.07, 6.45) is 4.72. The minimum Gasteiger partial charge on any atom is -0.508 e. The Balaban J connectivity index is 1.66. The van der Waals surface area contributed by atoms with E-state index in [1.165, 1.54) is 11.0 Å². The van der Waals surface area contributed by atoms with E-state index in [9.17, 15) is 24.3 Å². The molecule has 32 heavy (non-hydrogen) atoms. The summed E-state index contributed by atoms with van der Waals surface area (Å²) >= 11 is 3.22. The quantitative estimate of drug-likeness (QED) is 0.393. The van der Waals surface area contributed by atoms with Crippen LogP contribution in [0.3, 0.4) is 0 Å². The number of hydrogen-bond acceptors (Lipinski definition) is 5. The number of nitrogens with zero attached hydrogens (tertiary/aromatic N) is 1. The summed E-state index contributed by atoms with van der Waals surface area (Å²) in [6, 6.07) is 6.60. The number of hydrogen-bond donors (Lipinski definition) is 1. The van der Waals surface area contributed by atoms with Crippen LogP contribution in [0.15, 0.2) is 57.6 Å². The topological polar surface area (TPSA) is 91.8 Å². The van der Waals surface area contributed by atoms with E-state index in [-0.39, 0.29) is 46.0 Å². The Labute approximate surface area is 193 Å². The molecule has 0 aromatic heterocycles. The molecule has 6 nitrogen and oxygen atoms in total. The van der Waals surface area contributed by atoms with E-state index in [0.717, 1.165) is 11.1 Å². The number of likely N-dealkylation sites (tertiary alicyclic amines) is 1. The Morgan fingerprint density at radius 3 is 2.47 bits per heavy atom. The zero-order chi connectivity index (χ0) is 22.7. The van der Waals surface area contributed by atoms with Crippen LogP contribution in [0.25, 0.3) is 0 Å². The van der Waals surface area contributed by atoms with Gasteiger partial charge in [-0.2, -0.15) is 0 Å². The standard InChI is InChI=1S/C25H22BrNO5/c1-2-9-27-24(31)15-8-7-14-16(21(15)25(27)32)10-17-22(19(29)11-18(26)23(17)30)20(14)12-3-5-13(28)6-4-12/h3-7,11,15-16,20-21,28H,2,8-10H2,1H3. The summed E-state index contributed by atoms with van der Waals surface area (Å²) < 4.78 is 0.215. The van der Waals surface area contributed by atoms with Gasteiger partial charge in [0, 0.05) is 29.7 Å². The highest BCUT2D eigenvalue weighted by Gasteiger charge is 2.56. The summed E-state index contributed by atoms with van der Waals surface area (Å²) in [5.74, 6) is -2.41. The molecule has 0 spiro atoms.